The number of carbonyl (C=O) groups excluding carboxylic acids is 1. The van der Waals surface area contributed by atoms with Gasteiger partial charge < -0.3 is 10.4 Å². The molecule has 1 unspecified atom stereocenters. The number of hydrogen-bond donors (Lipinski definition) is 2. The Hall–Kier alpha value is -2.92. The highest BCUT2D eigenvalue weighted by atomic mass is 19.4. The smallest absolute Gasteiger partial charge is 0.380 e. The minimum absolute atomic E-state index is 0.161. The van der Waals surface area contributed by atoms with Crippen LogP contribution < -0.4 is 5.32 Å². The van der Waals surface area contributed by atoms with Crippen molar-refractivity contribution in [3.8, 4) is 0 Å². The summed E-state index contributed by atoms with van der Waals surface area (Å²) in [7, 11) is 0. The van der Waals surface area contributed by atoms with Gasteiger partial charge in [-0.25, -0.2) is 9.24 Å². The lowest BCUT2D eigenvalue weighted by Gasteiger charge is -2.23. The van der Waals surface area contributed by atoms with E-state index >= 15 is 0 Å². The zero-order valence-electron chi connectivity index (χ0n) is 13.6. The number of alkyl halides is 3. The highest BCUT2D eigenvalue weighted by molar-refractivity contribution is 5.97. The Kier molecular flexibility index (Phi) is 5.33. The van der Waals surface area contributed by atoms with Crippen LogP contribution in [0.2, 0.25) is 0 Å². The lowest BCUT2D eigenvalue weighted by atomic mass is 9.95. The van der Waals surface area contributed by atoms with Crippen LogP contribution in [0.4, 0.5) is 28.9 Å². The molecule has 2 rings (SSSR count). The summed E-state index contributed by atoms with van der Waals surface area (Å²) >= 11 is 0. The van der Waals surface area contributed by atoms with Crippen molar-refractivity contribution in [1.29, 1.82) is 0 Å². The zero-order chi connectivity index (χ0) is 19.5. The van der Waals surface area contributed by atoms with Crippen LogP contribution in [-0.2, 0) is 17.4 Å². The quantitative estimate of drug-likeness (QED) is 0.625. The molecule has 4 nitrogen and oxygen atoms in total. The van der Waals surface area contributed by atoms with E-state index in [1.807, 2.05) is 0 Å². The Morgan fingerprint density at radius 3 is 2.35 bits per heavy atom. The summed E-state index contributed by atoms with van der Waals surface area (Å²) in [6.07, 6.45) is -4.91. The first-order chi connectivity index (χ1) is 12.0. The number of rotatable bonds is 4. The Morgan fingerprint density at radius 2 is 1.81 bits per heavy atom. The van der Waals surface area contributed by atoms with E-state index in [2.05, 4.69) is 10.2 Å². The molecule has 0 spiro atoms. The van der Waals surface area contributed by atoms with Crippen LogP contribution in [0.15, 0.2) is 42.5 Å². The van der Waals surface area contributed by atoms with E-state index in [0.717, 1.165) is 12.1 Å². The number of amides is 1. The van der Waals surface area contributed by atoms with Crippen molar-refractivity contribution < 1.29 is 27.5 Å². The van der Waals surface area contributed by atoms with Crippen molar-refractivity contribution in [2.75, 3.05) is 5.32 Å². The van der Waals surface area contributed by atoms with Gasteiger partial charge in [-0.3, -0.25) is 4.79 Å². The van der Waals surface area contributed by atoms with E-state index in [1.54, 1.807) is 0 Å². The Labute approximate surface area is 146 Å². The fourth-order valence-electron chi connectivity index (χ4n) is 2.28. The van der Waals surface area contributed by atoms with E-state index in [4.69, 9.17) is 6.57 Å². The molecule has 0 aliphatic carbocycles. The van der Waals surface area contributed by atoms with Gasteiger partial charge in [0.05, 0.1) is 12.1 Å². The van der Waals surface area contributed by atoms with Gasteiger partial charge in [-0.1, -0.05) is 18.2 Å². The van der Waals surface area contributed by atoms with Crippen molar-refractivity contribution in [1.82, 2.24) is 0 Å². The maximum absolute atomic E-state index is 13.0. The van der Waals surface area contributed by atoms with Gasteiger partial charge in [0.15, 0.2) is 5.69 Å². The highest BCUT2D eigenvalue weighted by Crippen LogP contribution is 2.38. The molecule has 1 atom stereocenters. The maximum atomic E-state index is 13.0. The number of halogens is 4. The molecular weight excluding hydrogens is 352 g/mol. The first kappa shape index (κ1) is 19.4. The molecule has 0 heterocycles. The van der Waals surface area contributed by atoms with Gasteiger partial charge in [-0.2, -0.15) is 13.2 Å². The second kappa shape index (κ2) is 7.14. The molecule has 0 aromatic heterocycles. The number of hydrogen-bond acceptors (Lipinski definition) is 2. The second-order valence-electron chi connectivity index (χ2n) is 5.87. The number of benzene rings is 2. The molecule has 0 aliphatic rings. The third-order valence-electron chi connectivity index (χ3n) is 3.63. The summed E-state index contributed by atoms with van der Waals surface area (Å²) in [6.45, 7) is 7.99. The third kappa shape index (κ3) is 4.58. The topological polar surface area (TPSA) is 53.7 Å². The van der Waals surface area contributed by atoms with Crippen LogP contribution in [-0.4, -0.2) is 16.6 Å². The fraction of sp³-hybridized carbons (Fsp3) is 0.222. The van der Waals surface area contributed by atoms with E-state index in [-0.39, 0.29) is 12.1 Å². The number of anilines is 1. The molecule has 0 radical (unpaired) electrons. The molecule has 8 heteroatoms. The number of nitrogens with zero attached hydrogens (tertiary/aromatic N) is 1. The first-order valence-corrected chi connectivity index (χ1v) is 7.40. The molecule has 2 aromatic carbocycles. The Morgan fingerprint density at radius 1 is 1.19 bits per heavy atom. The molecule has 0 bridgehead atoms. The monoisotopic (exact) mass is 366 g/mol. The van der Waals surface area contributed by atoms with Gasteiger partial charge >= 0.3 is 6.18 Å². The van der Waals surface area contributed by atoms with Gasteiger partial charge in [0.1, 0.15) is 11.4 Å². The van der Waals surface area contributed by atoms with Gasteiger partial charge in [-0.15, -0.1) is 0 Å². The van der Waals surface area contributed by atoms with Gasteiger partial charge in [0.25, 0.3) is 5.91 Å². The lowest BCUT2D eigenvalue weighted by molar-refractivity contribution is -0.137. The highest BCUT2D eigenvalue weighted by Gasteiger charge is 2.35. The average Bonchev–Trinajstić information content (AvgIpc) is 2.56. The van der Waals surface area contributed by atoms with Crippen molar-refractivity contribution >= 4 is 17.3 Å². The molecule has 0 saturated heterocycles. The van der Waals surface area contributed by atoms with Crippen LogP contribution >= 0.6 is 0 Å². The predicted octanol–water partition coefficient (Wildman–Crippen LogP) is 4.33. The molecule has 1 amide bonds. The molecule has 0 fully saturated rings. The Balaban J connectivity index is 2.20. The van der Waals surface area contributed by atoms with Crippen molar-refractivity contribution in [3.63, 3.8) is 0 Å². The standard InChI is InChI=1S/C18H14F4N2O2/c1-17(26,10-11-3-5-12(19)6-4-11)16(25)24-13-7-8-15(23-2)14(9-13)18(20,21)22/h3-9,26H,10H2,1H3,(H,24,25). The molecule has 136 valence electrons. The predicted molar refractivity (Wildman–Crippen MR) is 87.1 cm³/mol. The molecule has 0 aliphatic heterocycles. The summed E-state index contributed by atoms with van der Waals surface area (Å²) in [5.41, 5.74) is -3.42. The fourth-order valence-corrected chi connectivity index (χ4v) is 2.28. The van der Waals surface area contributed by atoms with Crippen LogP contribution in [0.5, 0.6) is 0 Å². The van der Waals surface area contributed by atoms with E-state index in [0.29, 0.717) is 11.6 Å². The van der Waals surface area contributed by atoms with Gasteiger partial charge in [0, 0.05) is 12.1 Å². The van der Waals surface area contributed by atoms with Crippen molar-refractivity contribution in [3.05, 3.63) is 70.8 Å². The molecule has 0 saturated carbocycles. The first-order valence-electron chi connectivity index (χ1n) is 7.40. The normalized spacial score (nSPS) is 13.6. The SMILES string of the molecule is [C-]#[N+]c1ccc(NC(=O)C(C)(O)Cc2ccc(F)cc2)cc1C(F)(F)F. The Bertz CT molecular complexity index is 853. The molecule has 2 aromatic rings. The summed E-state index contributed by atoms with van der Waals surface area (Å²) < 4.78 is 51.8. The molecular formula is C18H14F4N2O2. The van der Waals surface area contributed by atoms with Crippen molar-refractivity contribution in [2.45, 2.75) is 25.1 Å². The third-order valence-corrected chi connectivity index (χ3v) is 3.63. The second-order valence-corrected chi connectivity index (χ2v) is 5.87. The number of nitrogens with one attached hydrogen (secondary N) is 1. The molecule has 2 N–H and O–H groups in total. The maximum Gasteiger partial charge on any atom is 0.407 e. The zero-order valence-corrected chi connectivity index (χ0v) is 13.6. The minimum atomic E-state index is -4.75. The lowest BCUT2D eigenvalue weighted by Crippen LogP contribution is -2.42. The summed E-state index contributed by atoms with van der Waals surface area (Å²) in [5.74, 6) is -1.40. The largest absolute Gasteiger partial charge is 0.407 e. The summed E-state index contributed by atoms with van der Waals surface area (Å²) in [6, 6.07) is 7.85. The van der Waals surface area contributed by atoms with E-state index < -0.39 is 34.8 Å². The van der Waals surface area contributed by atoms with Crippen LogP contribution in [0, 0.1) is 12.4 Å². The van der Waals surface area contributed by atoms with Crippen LogP contribution in [0.25, 0.3) is 4.85 Å². The average molecular weight is 366 g/mol. The van der Waals surface area contributed by atoms with Crippen molar-refractivity contribution in [2.24, 2.45) is 0 Å². The van der Waals surface area contributed by atoms with Crippen LogP contribution in [0.3, 0.4) is 0 Å². The summed E-state index contributed by atoms with van der Waals surface area (Å²) in [5, 5.41) is 12.5. The number of aliphatic hydroxyl groups is 1. The van der Waals surface area contributed by atoms with Gasteiger partial charge in [-0.05, 0) is 36.8 Å². The van der Waals surface area contributed by atoms with Crippen LogP contribution in [0.1, 0.15) is 18.1 Å². The van der Waals surface area contributed by atoms with Gasteiger partial charge in [0.2, 0.25) is 0 Å². The molecule has 26 heavy (non-hydrogen) atoms. The minimum Gasteiger partial charge on any atom is -0.380 e. The summed E-state index contributed by atoms with van der Waals surface area (Å²) in [4.78, 5) is 15.1. The van der Waals surface area contributed by atoms with E-state index in [9.17, 15) is 27.5 Å². The van der Waals surface area contributed by atoms with E-state index in [1.165, 1.54) is 31.2 Å². The number of carbonyl (C=O) groups is 1.